The van der Waals surface area contributed by atoms with Gasteiger partial charge in [-0.15, -0.1) is 5.10 Å². The minimum Gasteiger partial charge on any atom is -0.356 e. The third-order valence-corrected chi connectivity index (χ3v) is 5.42. The van der Waals surface area contributed by atoms with Gasteiger partial charge in [0, 0.05) is 38.7 Å². The number of hydrogen-bond donors (Lipinski definition) is 1. The average Bonchev–Trinajstić information content (AvgIpc) is 2.87. The molecule has 1 aromatic heterocycles. The number of aromatic nitrogens is 4. The molecule has 24 heavy (non-hydrogen) atoms. The van der Waals surface area contributed by atoms with Crippen LogP contribution in [0.25, 0.3) is 0 Å². The van der Waals surface area contributed by atoms with Crippen LogP contribution in [-0.2, 0) is 11.8 Å². The predicted molar refractivity (Wildman–Crippen MR) is 89.2 cm³/mol. The van der Waals surface area contributed by atoms with E-state index in [9.17, 15) is 5.11 Å². The molecule has 3 heterocycles. The molecule has 0 bridgehead atoms. The van der Waals surface area contributed by atoms with E-state index in [1.54, 1.807) is 4.68 Å². The molecule has 8 nitrogen and oxygen atoms in total. The lowest BCUT2D eigenvalue weighted by Crippen LogP contribution is -2.42. The molecule has 2 atom stereocenters. The summed E-state index contributed by atoms with van der Waals surface area (Å²) < 4.78 is 7.14. The zero-order valence-electron chi connectivity index (χ0n) is 14.8. The molecule has 136 valence electrons. The van der Waals surface area contributed by atoms with Gasteiger partial charge >= 0.3 is 0 Å². The monoisotopic (exact) mass is 338 g/mol. The van der Waals surface area contributed by atoms with Gasteiger partial charge in [0.15, 0.2) is 5.82 Å². The Hall–Kier alpha value is -1.09. The molecule has 2 aliphatic heterocycles. The van der Waals surface area contributed by atoms with Crippen molar-refractivity contribution in [2.24, 2.45) is 7.05 Å². The molecule has 0 amide bonds. The Morgan fingerprint density at radius 3 is 2.62 bits per heavy atom. The maximum Gasteiger partial charge on any atom is 0.216 e. The van der Waals surface area contributed by atoms with Crippen LogP contribution in [0.2, 0.25) is 0 Å². The summed E-state index contributed by atoms with van der Waals surface area (Å²) in [4.78, 5) is 4.68. The highest BCUT2D eigenvalue weighted by molar-refractivity contribution is 4.97. The minimum atomic E-state index is -0.747. The number of likely N-dealkylation sites (tertiary alicyclic amines) is 2. The highest BCUT2D eigenvalue weighted by atomic mass is 16.6. The fraction of sp³-hybridized carbons (Fsp3) is 0.938. The SMILES string of the molecule is CCOC(O)N1CCCC(N2CCC(c3nnnn3C)CC2)CC1. The van der Waals surface area contributed by atoms with E-state index in [-0.39, 0.29) is 0 Å². The molecule has 2 fully saturated rings. The number of tetrazole rings is 1. The second-order valence-corrected chi connectivity index (χ2v) is 6.87. The summed E-state index contributed by atoms with van der Waals surface area (Å²) in [6.45, 7) is 6.50. The van der Waals surface area contributed by atoms with Gasteiger partial charge in [-0.05, 0) is 62.5 Å². The molecule has 1 N–H and O–H groups in total. The number of ether oxygens (including phenoxy) is 1. The smallest absolute Gasteiger partial charge is 0.216 e. The molecule has 2 unspecified atom stereocenters. The molecule has 0 spiro atoms. The number of nitrogens with zero attached hydrogens (tertiary/aromatic N) is 6. The van der Waals surface area contributed by atoms with Gasteiger partial charge in [-0.1, -0.05) is 0 Å². The summed E-state index contributed by atoms with van der Waals surface area (Å²) >= 11 is 0. The fourth-order valence-electron chi connectivity index (χ4n) is 4.05. The van der Waals surface area contributed by atoms with Gasteiger partial charge in [0.2, 0.25) is 6.41 Å². The topological polar surface area (TPSA) is 79.5 Å². The van der Waals surface area contributed by atoms with Gasteiger partial charge in [-0.25, -0.2) is 4.68 Å². The second kappa shape index (κ2) is 8.33. The highest BCUT2D eigenvalue weighted by Crippen LogP contribution is 2.29. The summed E-state index contributed by atoms with van der Waals surface area (Å²) in [6, 6.07) is 0.613. The summed E-state index contributed by atoms with van der Waals surface area (Å²) in [5.41, 5.74) is 0. The second-order valence-electron chi connectivity index (χ2n) is 6.87. The van der Waals surface area contributed by atoms with Crippen LogP contribution in [0.3, 0.4) is 0 Å². The number of aryl methyl sites for hydroxylation is 1. The van der Waals surface area contributed by atoms with Crippen molar-refractivity contribution in [1.29, 1.82) is 0 Å². The van der Waals surface area contributed by atoms with Crippen LogP contribution < -0.4 is 0 Å². The first kappa shape index (κ1) is 17.7. The van der Waals surface area contributed by atoms with Crippen molar-refractivity contribution in [2.75, 3.05) is 32.8 Å². The lowest BCUT2D eigenvalue weighted by molar-refractivity contribution is -0.189. The zero-order valence-corrected chi connectivity index (χ0v) is 14.8. The molecule has 2 saturated heterocycles. The van der Waals surface area contributed by atoms with E-state index in [1.807, 2.05) is 14.0 Å². The fourth-order valence-corrected chi connectivity index (χ4v) is 4.05. The van der Waals surface area contributed by atoms with E-state index < -0.39 is 6.41 Å². The van der Waals surface area contributed by atoms with E-state index in [1.165, 1.54) is 6.42 Å². The van der Waals surface area contributed by atoms with Crippen molar-refractivity contribution in [1.82, 2.24) is 30.0 Å². The van der Waals surface area contributed by atoms with Gasteiger partial charge in [-0.2, -0.15) is 0 Å². The zero-order chi connectivity index (χ0) is 16.9. The van der Waals surface area contributed by atoms with E-state index in [4.69, 9.17) is 4.74 Å². The first-order valence-electron chi connectivity index (χ1n) is 9.19. The quantitative estimate of drug-likeness (QED) is 0.786. The Morgan fingerprint density at radius 1 is 1.17 bits per heavy atom. The number of aliphatic hydroxyl groups excluding tert-OH is 1. The molecule has 8 heteroatoms. The standard InChI is InChI=1S/C16H30N6O2/c1-3-24-16(23)22-9-4-5-14(8-12-22)21-10-6-13(7-11-21)15-17-18-19-20(15)2/h13-14,16,23H,3-12H2,1-2H3. The third-order valence-electron chi connectivity index (χ3n) is 5.42. The van der Waals surface area contributed by atoms with Crippen LogP contribution in [-0.4, -0.2) is 80.4 Å². The van der Waals surface area contributed by atoms with Gasteiger partial charge in [0.05, 0.1) is 0 Å². The number of hydrogen-bond acceptors (Lipinski definition) is 7. The lowest BCUT2D eigenvalue weighted by Gasteiger charge is -2.37. The first-order valence-corrected chi connectivity index (χ1v) is 9.19. The Bertz CT molecular complexity index is 503. The molecule has 0 aromatic carbocycles. The molecule has 0 saturated carbocycles. The van der Waals surface area contributed by atoms with Crippen LogP contribution in [0.15, 0.2) is 0 Å². The lowest BCUT2D eigenvalue weighted by atomic mass is 9.93. The first-order chi connectivity index (χ1) is 11.7. The number of rotatable bonds is 5. The Kier molecular flexibility index (Phi) is 6.15. The molecule has 2 aliphatic rings. The molecule has 3 rings (SSSR count). The molecular formula is C16H30N6O2. The highest BCUT2D eigenvalue weighted by Gasteiger charge is 2.30. The Morgan fingerprint density at radius 2 is 1.96 bits per heavy atom. The number of aliphatic hydroxyl groups is 1. The molecule has 1 aromatic rings. The summed E-state index contributed by atoms with van der Waals surface area (Å²) in [5, 5.41) is 21.9. The molecular weight excluding hydrogens is 308 g/mol. The normalized spacial score (nSPS) is 26.4. The maximum absolute atomic E-state index is 10.0. The van der Waals surface area contributed by atoms with Crippen molar-refractivity contribution in [3.63, 3.8) is 0 Å². The minimum absolute atomic E-state index is 0.475. The van der Waals surface area contributed by atoms with Crippen LogP contribution >= 0.6 is 0 Å². The van der Waals surface area contributed by atoms with Gasteiger partial charge in [0.25, 0.3) is 0 Å². The molecule has 0 radical (unpaired) electrons. The van der Waals surface area contributed by atoms with E-state index >= 15 is 0 Å². The third kappa shape index (κ3) is 4.11. The number of piperidine rings is 1. The summed E-state index contributed by atoms with van der Waals surface area (Å²) in [5.74, 6) is 1.49. The van der Waals surface area contributed by atoms with Crippen LogP contribution in [0, 0.1) is 0 Å². The van der Waals surface area contributed by atoms with Gasteiger partial charge in [0.1, 0.15) is 0 Å². The van der Waals surface area contributed by atoms with Crippen LogP contribution in [0.4, 0.5) is 0 Å². The van der Waals surface area contributed by atoms with Crippen LogP contribution in [0.1, 0.15) is 50.8 Å². The van der Waals surface area contributed by atoms with Crippen molar-refractivity contribution in [3.05, 3.63) is 5.82 Å². The average molecular weight is 338 g/mol. The summed E-state index contributed by atoms with van der Waals surface area (Å²) in [7, 11) is 1.92. The van der Waals surface area contributed by atoms with Crippen molar-refractivity contribution >= 4 is 0 Å². The van der Waals surface area contributed by atoms with Gasteiger partial charge < -0.3 is 14.7 Å². The van der Waals surface area contributed by atoms with E-state index in [2.05, 4.69) is 25.3 Å². The van der Waals surface area contributed by atoms with E-state index in [0.29, 0.717) is 18.6 Å². The largest absolute Gasteiger partial charge is 0.356 e. The van der Waals surface area contributed by atoms with E-state index in [0.717, 1.165) is 57.7 Å². The Balaban J connectivity index is 1.49. The van der Waals surface area contributed by atoms with Gasteiger partial charge in [-0.3, -0.25) is 4.90 Å². The maximum atomic E-state index is 10.0. The van der Waals surface area contributed by atoms with Crippen molar-refractivity contribution in [3.8, 4) is 0 Å². The van der Waals surface area contributed by atoms with Crippen molar-refractivity contribution in [2.45, 2.75) is 57.4 Å². The van der Waals surface area contributed by atoms with Crippen LogP contribution in [0.5, 0.6) is 0 Å². The summed E-state index contributed by atoms with van der Waals surface area (Å²) in [6.07, 6.45) is 4.91. The Labute approximate surface area is 143 Å². The molecule has 0 aliphatic carbocycles. The van der Waals surface area contributed by atoms with Crippen molar-refractivity contribution < 1.29 is 9.84 Å². The predicted octanol–water partition coefficient (Wildman–Crippen LogP) is 0.556.